The summed E-state index contributed by atoms with van der Waals surface area (Å²) < 4.78 is 4.71. The zero-order chi connectivity index (χ0) is 15.4. The molecular weight excluding hydrogens is 304 g/mol. The molecule has 0 aromatic heterocycles. The third-order valence-corrected chi connectivity index (χ3v) is 4.20. The molecule has 6 heteroatoms. The van der Waals surface area contributed by atoms with E-state index in [1.54, 1.807) is 18.2 Å². The van der Waals surface area contributed by atoms with Crippen molar-refractivity contribution in [3.8, 4) is 0 Å². The van der Waals surface area contributed by atoms with Crippen molar-refractivity contribution in [3.63, 3.8) is 0 Å². The van der Waals surface area contributed by atoms with Gasteiger partial charge in [-0.2, -0.15) is 0 Å². The smallest absolute Gasteiger partial charge is 0.338 e. The summed E-state index contributed by atoms with van der Waals surface area (Å²) in [5, 5.41) is 2.93. The van der Waals surface area contributed by atoms with Crippen LogP contribution in [-0.4, -0.2) is 25.5 Å². The summed E-state index contributed by atoms with van der Waals surface area (Å²) >= 11 is 0. The number of ether oxygens (including phenoxy) is 1. The predicted octanol–water partition coefficient (Wildman–Crippen LogP) is 2.52. The molecule has 1 aromatic rings. The molecule has 2 atom stereocenters. The van der Waals surface area contributed by atoms with Crippen LogP contribution in [0.5, 0.6) is 0 Å². The SMILES string of the molecule is COC(=O)c1ccc(NC(=O)[C@@H]2CCC[C@@H]2CN)cc1C.Cl. The predicted molar refractivity (Wildman–Crippen MR) is 88.3 cm³/mol. The van der Waals surface area contributed by atoms with Gasteiger partial charge in [0.15, 0.2) is 0 Å². The van der Waals surface area contributed by atoms with Gasteiger partial charge in [-0.05, 0) is 56.0 Å². The summed E-state index contributed by atoms with van der Waals surface area (Å²) in [5.41, 5.74) is 7.71. The van der Waals surface area contributed by atoms with Crippen LogP contribution in [0.15, 0.2) is 18.2 Å². The second-order valence-corrected chi connectivity index (χ2v) is 5.54. The normalized spacial score (nSPS) is 20.1. The molecule has 5 nitrogen and oxygen atoms in total. The number of hydrogen-bond donors (Lipinski definition) is 2. The maximum absolute atomic E-state index is 12.3. The molecule has 1 aromatic carbocycles. The number of nitrogens with one attached hydrogen (secondary N) is 1. The van der Waals surface area contributed by atoms with E-state index in [1.807, 2.05) is 6.92 Å². The minimum atomic E-state index is -0.371. The zero-order valence-electron chi connectivity index (χ0n) is 12.9. The highest BCUT2D eigenvalue weighted by molar-refractivity contribution is 5.95. The molecule has 1 aliphatic rings. The van der Waals surface area contributed by atoms with Gasteiger partial charge in [0, 0.05) is 11.6 Å². The standard InChI is InChI=1S/C16H22N2O3.ClH/c1-10-8-12(6-7-13(10)16(20)21-2)18-15(19)14-5-3-4-11(14)9-17;/h6-8,11,14H,3-5,9,17H2,1-2H3,(H,18,19);1H/t11-,14-;/m1./s1. The molecule has 2 rings (SSSR count). The Morgan fingerprint density at radius 1 is 1.36 bits per heavy atom. The van der Waals surface area contributed by atoms with Crippen molar-refractivity contribution in [3.05, 3.63) is 29.3 Å². The number of carbonyl (C=O) groups excluding carboxylic acids is 2. The van der Waals surface area contributed by atoms with E-state index in [4.69, 9.17) is 10.5 Å². The first-order valence-electron chi connectivity index (χ1n) is 7.26. The van der Waals surface area contributed by atoms with Gasteiger partial charge in [0.25, 0.3) is 0 Å². The first-order chi connectivity index (χ1) is 10.1. The highest BCUT2D eigenvalue weighted by Gasteiger charge is 2.31. The van der Waals surface area contributed by atoms with Crippen LogP contribution in [0.2, 0.25) is 0 Å². The number of hydrogen-bond acceptors (Lipinski definition) is 4. The summed E-state index contributed by atoms with van der Waals surface area (Å²) in [6, 6.07) is 5.19. The molecule has 1 aliphatic carbocycles. The van der Waals surface area contributed by atoms with Crippen LogP contribution in [0.3, 0.4) is 0 Å². The van der Waals surface area contributed by atoms with E-state index < -0.39 is 0 Å². The summed E-state index contributed by atoms with van der Waals surface area (Å²) in [5.74, 6) is -0.0754. The summed E-state index contributed by atoms with van der Waals surface area (Å²) in [6.07, 6.45) is 2.97. The fraction of sp³-hybridized carbons (Fsp3) is 0.500. The topological polar surface area (TPSA) is 81.4 Å². The lowest BCUT2D eigenvalue weighted by Crippen LogP contribution is -2.29. The average molecular weight is 327 g/mol. The minimum Gasteiger partial charge on any atom is -0.465 e. The van der Waals surface area contributed by atoms with E-state index in [0.717, 1.165) is 24.8 Å². The van der Waals surface area contributed by atoms with Crippen LogP contribution < -0.4 is 11.1 Å². The first kappa shape index (κ1) is 18.5. The van der Waals surface area contributed by atoms with Crippen molar-refractivity contribution in [2.45, 2.75) is 26.2 Å². The fourth-order valence-corrected chi connectivity index (χ4v) is 2.98. The van der Waals surface area contributed by atoms with E-state index in [1.165, 1.54) is 7.11 Å². The summed E-state index contributed by atoms with van der Waals surface area (Å²) in [6.45, 7) is 2.37. The number of rotatable bonds is 4. The van der Waals surface area contributed by atoms with Gasteiger partial charge in [0.05, 0.1) is 12.7 Å². The highest BCUT2D eigenvalue weighted by atomic mass is 35.5. The minimum absolute atomic E-state index is 0. The van der Waals surface area contributed by atoms with Gasteiger partial charge in [0.2, 0.25) is 5.91 Å². The Morgan fingerprint density at radius 3 is 2.68 bits per heavy atom. The number of halogens is 1. The van der Waals surface area contributed by atoms with Gasteiger partial charge in [-0.3, -0.25) is 4.79 Å². The number of nitrogens with two attached hydrogens (primary N) is 1. The zero-order valence-corrected chi connectivity index (χ0v) is 13.7. The molecule has 0 heterocycles. The monoisotopic (exact) mass is 326 g/mol. The number of aryl methyl sites for hydroxylation is 1. The van der Waals surface area contributed by atoms with Gasteiger partial charge in [-0.25, -0.2) is 4.79 Å². The van der Waals surface area contributed by atoms with E-state index in [2.05, 4.69) is 5.32 Å². The molecule has 0 bridgehead atoms. The van der Waals surface area contributed by atoms with Gasteiger partial charge in [-0.15, -0.1) is 12.4 Å². The molecule has 1 fully saturated rings. The van der Waals surface area contributed by atoms with Crippen molar-refractivity contribution in [1.29, 1.82) is 0 Å². The number of anilines is 1. The molecule has 0 radical (unpaired) electrons. The average Bonchev–Trinajstić information content (AvgIpc) is 2.95. The Labute approximate surface area is 137 Å². The maximum atomic E-state index is 12.3. The Morgan fingerprint density at radius 2 is 2.09 bits per heavy atom. The van der Waals surface area contributed by atoms with Crippen molar-refractivity contribution in [2.75, 3.05) is 19.0 Å². The summed E-state index contributed by atoms with van der Waals surface area (Å²) in [7, 11) is 1.35. The Balaban J connectivity index is 0.00000242. The molecule has 22 heavy (non-hydrogen) atoms. The third kappa shape index (κ3) is 3.99. The van der Waals surface area contributed by atoms with Crippen LogP contribution in [0, 0.1) is 18.8 Å². The Hall–Kier alpha value is -1.59. The van der Waals surface area contributed by atoms with Crippen molar-refractivity contribution in [1.82, 2.24) is 0 Å². The van der Waals surface area contributed by atoms with Crippen molar-refractivity contribution >= 4 is 30.0 Å². The number of amides is 1. The number of methoxy groups -OCH3 is 1. The van der Waals surface area contributed by atoms with Gasteiger partial charge in [0.1, 0.15) is 0 Å². The molecule has 0 unspecified atom stereocenters. The van der Waals surface area contributed by atoms with Gasteiger partial charge in [-0.1, -0.05) is 6.42 Å². The number of esters is 1. The largest absolute Gasteiger partial charge is 0.465 e. The quantitative estimate of drug-likeness (QED) is 0.833. The van der Waals surface area contributed by atoms with Gasteiger partial charge < -0.3 is 15.8 Å². The third-order valence-electron chi connectivity index (χ3n) is 4.20. The second kappa shape index (κ2) is 8.15. The van der Waals surface area contributed by atoms with Gasteiger partial charge >= 0.3 is 5.97 Å². The molecule has 1 saturated carbocycles. The number of benzene rings is 1. The van der Waals surface area contributed by atoms with Crippen molar-refractivity contribution < 1.29 is 14.3 Å². The second-order valence-electron chi connectivity index (χ2n) is 5.54. The lowest BCUT2D eigenvalue weighted by atomic mass is 9.95. The van der Waals surface area contributed by atoms with E-state index >= 15 is 0 Å². The van der Waals surface area contributed by atoms with Crippen LogP contribution in [0.4, 0.5) is 5.69 Å². The fourth-order valence-electron chi connectivity index (χ4n) is 2.98. The van der Waals surface area contributed by atoms with Crippen LogP contribution >= 0.6 is 12.4 Å². The molecule has 0 saturated heterocycles. The lowest BCUT2D eigenvalue weighted by Gasteiger charge is -2.17. The van der Waals surface area contributed by atoms with E-state index in [0.29, 0.717) is 17.8 Å². The lowest BCUT2D eigenvalue weighted by molar-refractivity contribution is -0.120. The Kier molecular flexibility index (Phi) is 6.84. The Bertz CT molecular complexity index is 548. The van der Waals surface area contributed by atoms with Crippen LogP contribution in [0.25, 0.3) is 0 Å². The number of carbonyl (C=O) groups is 2. The molecular formula is C16H23ClN2O3. The van der Waals surface area contributed by atoms with E-state index in [9.17, 15) is 9.59 Å². The molecule has 3 N–H and O–H groups in total. The molecule has 1 amide bonds. The molecule has 0 aliphatic heterocycles. The molecule has 122 valence electrons. The van der Waals surface area contributed by atoms with Crippen molar-refractivity contribution in [2.24, 2.45) is 17.6 Å². The molecule has 0 spiro atoms. The van der Waals surface area contributed by atoms with Crippen LogP contribution in [0.1, 0.15) is 35.2 Å². The maximum Gasteiger partial charge on any atom is 0.338 e. The highest BCUT2D eigenvalue weighted by Crippen LogP contribution is 2.32. The summed E-state index contributed by atoms with van der Waals surface area (Å²) in [4.78, 5) is 23.8. The van der Waals surface area contributed by atoms with E-state index in [-0.39, 0.29) is 36.1 Å². The van der Waals surface area contributed by atoms with Crippen LogP contribution in [-0.2, 0) is 9.53 Å². The first-order valence-corrected chi connectivity index (χ1v) is 7.26.